The number of rotatable bonds is 10. The van der Waals surface area contributed by atoms with Crippen LogP contribution in [0.15, 0.2) is 60.8 Å². The third-order valence-corrected chi connectivity index (χ3v) is 5.77. The van der Waals surface area contributed by atoms with Gasteiger partial charge in [0.1, 0.15) is 11.3 Å². The summed E-state index contributed by atoms with van der Waals surface area (Å²) < 4.78 is 21.8. The summed E-state index contributed by atoms with van der Waals surface area (Å²) in [6.07, 6.45) is 2.68. The molecule has 1 heterocycles. The monoisotopic (exact) mass is 475 g/mol. The summed E-state index contributed by atoms with van der Waals surface area (Å²) in [6, 6.07) is 17.1. The van der Waals surface area contributed by atoms with E-state index in [1.807, 2.05) is 36.5 Å². The largest absolute Gasteiger partial charge is 0.496 e. The summed E-state index contributed by atoms with van der Waals surface area (Å²) in [5.74, 6) is 1.72. The predicted molar refractivity (Wildman–Crippen MR) is 137 cm³/mol. The molecule has 0 aliphatic heterocycles. The van der Waals surface area contributed by atoms with Crippen LogP contribution < -0.4 is 29.6 Å². The molecule has 4 rings (SSSR count). The maximum absolute atomic E-state index is 13.3. The summed E-state index contributed by atoms with van der Waals surface area (Å²) in [4.78, 5) is 16.5. The number of carbonyl (C=O) groups is 1. The number of hydrogen-bond donors (Lipinski definition) is 3. The van der Waals surface area contributed by atoms with Crippen molar-refractivity contribution < 1.29 is 23.7 Å². The minimum Gasteiger partial charge on any atom is -0.496 e. The number of H-pyrrole nitrogens is 1. The van der Waals surface area contributed by atoms with E-state index in [2.05, 4.69) is 21.7 Å². The van der Waals surface area contributed by atoms with Crippen LogP contribution in [0.4, 0.5) is 11.4 Å². The van der Waals surface area contributed by atoms with E-state index < -0.39 is 0 Å². The molecule has 0 saturated heterocycles. The molecule has 1 aromatic heterocycles. The third-order valence-electron chi connectivity index (χ3n) is 5.77. The fraction of sp³-hybridized carbons (Fsp3) is 0.222. The van der Waals surface area contributed by atoms with Gasteiger partial charge in [-0.2, -0.15) is 0 Å². The van der Waals surface area contributed by atoms with Gasteiger partial charge < -0.3 is 34.6 Å². The normalized spacial score (nSPS) is 10.6. The second kappa shape index (κ2) is 10.7. The van der Waals surface area contributed by atoms with Crippen LogP contribution in [0.2, 0.25) is 0 Å². The van der Waals surface area contributed by atoms with E-state index in [0.29, 0.717) is 52.9 Å². The molecule has 0 saturated carbocycles. The standard InChI is InChI=1S/C27H29N3O5/c1-32-22-11-7-10-21(30-18-14-23(33-2)26(35-4)24(15-18)34-3)25(22)27(31)28-13-12-17-16-29-20-9-6-5-8-19(17)20/h5-11,14-16,29-30H,12-13H2,1-4H3,(H,28,31). The first-order valence-corrected chi connectivity index (χ1v) is 11.2. The van der Waals surface area contributed by atoms with E-state index in [4.69, 9.17) is 18.9 Å². The van der Waals surface area contributed by atoms with Crippen molar-refractivity contribution in [3.05, 3.63) is 71.9 Å². The van der Waals surface area contributed by atoms with Crippen molar-refractivity contribution in [1.29, 1.82) is 0 Å². The van der Waals surface area contributed by atoms with Crippen LogP contribution >= 0.6 is 0 Å². The van der Waals surface area contributed by atoms with E-state index >= 15 is 0 Å². The average molecular weight is 476 g/mol. The number of aromatic amines is 1. The van der Waals surface area contributed by atoms with Crippen LogP contribution in [0.1, 0.15) is 15.9 Å². The number of nitrogens with one attached hydrogen (secondary N) is 3. The Balaban J connectivity index is 1.56. The van der Waals surface area contributed by atoms with Crippen LogP contribution in [0.5, 0.6) is 23.0 Å². The zero-order valence-electron chi connectivity index (χ0n) is 20.2. The lowest BCUT2D eigenvalue weighted by Gasteiger charge is -2.18. The van der Waals surface area contributed by atoms with Crippen molar-refractivity contribution in [3.8, 4) is 23.0 Å². The first kappa shape index (κ1) is 23.8. The Morgan fingerprint density at radius 1 is 0.857 bits per heavy atom. The Labute approximate surface area is 204 Å². The highest BCUT2D eigenvalue weighted by Crippen LogP contribution is 2.41. The smallest absolute Gasteiger partial charge is 0.257 e. The molecule has 3 N–H and O–H groups in total. The van der Waals surface area contributed by atoms with Gasteiger partial charge in [-0.25, -0.2) is 0 Å². The molecular weight excluding hydrogens is 446 g/mol. The summed E-state index contributed by atoms with van der Waals surface area (Å²) >= 11 is 0. The lowest BCUT2D eigenvalue weighted by Crippen LogP contribution is -2.27. The number of aromatic nitrogens is 1. The van der Waals surface area contributed by atoms with E-state index in [1.54, 1.807) is 46.6 Å². The number of carbonyl (C=O) groups excluding carboxylic acids is 1. The Kier molecular flexibility index (Phi) is 7.30. The zero-order chi connectivity index (χ0) is 24.8. The molecule has 0 radical (unpaired) electrons. The van der Waals surface area contributed by atoms with Crippen molar-refractivity contribution >= 4 is 28.2 Å². The quantitative estimate of drug-likeness (QED) is 0.302. The van der Waals surface area contributed by atoms with E-state index in [1.165, 1.54) is 0 Å². The van der Waals surface area contributed by atoms with Crippen molar-refractivity contribution in [2.75, 3.05) is 40.3 Å². The van der Waals surface area contributed by atoms with E-state index in [0.717, 1.165) is 16.5 Å². The van der Waals surface area contributed by atoms with Crippen LogP contribution in [0, 0.1) is 0 Å². The third kappa shape index (κ3) is 4.96. The van der Waals surface area contributed by atoms with Gasteiger partial charge in [0.2, 0.25) is 5.75 Å². The molecule has 0 spiro atoms. The second-order valence-electron chi connectivity index (χ2n) is 7.79. The fourth-order valence-electron chi connectivity index (χ4n) is 4.09. The lowest BCUT2D eigenvalue weighted by atomic mass is 10.1. The molecule has 0 aliphatic rings. The topological polar surface area (TPSA) is 93.8 Å². The van der Waals surface area contributed by atoms with Gasteiger partial charge in [0.05, 0.1) is 34.1 Å². The fourth-order valence-corrected chi connectivity index (χ4v) is 4.09. The van der Waals surface area contributed by atoms with Gasteiger partial charge in [-0.05, 0) is 30.2 Å². The summed E-state index contributed by atoms with van der Waals surface area (Å²) in [5, 5.41) is 7.48. The summed E-state index contributed by atoms with van der Waals surface area (Å²) in [5.41, 5.74) is 3.89. The average Bonchev–Trinajstić information content (AvgIpc) is 3.30. The van der Waals surface area contributed by atoms with Crippen LogP contribution in [-0.4, -0.2) is 45.9 Å². The van der Waals surface area contributed by atoms with Crippen LogP contribution in [0.3, 0.4) is 0 Å². The maximum Gasteiger partial charge on any atom is 0.257 e. The van der Waals surface area contributed by atoms with Crippen LogP contribution in [-0.2, 0) is 6.42 Å². The van der Waals surface area contributed by atoms with Gasteiger partial charge in [0, 0.05) is 41.5 Å². The van der Waals surface area contributed by atoms with Crippen molar-refractivity contribution in [2.45, 2.75) is 6.42 Å². The number of anilines is 2. The first-order chi connectivity index (χ1) is 17.1. The van der Waals surface area contributed by atoms with E-state index in [9.17, 15) is 4.79 Å². The number of fused-ring (bicyclic) bond motifs is 1. The highest BCUT2D eigenvalue weighted by atomic mass is 16.5. The lowest BCUT2D eigenvalue weighted by molar-refractivity contribution is 0.0952. The summed E-state index contributed by atoms with van der Waals surface area (Å²) in [6.45, 7) is 0.475. The molecule has 8 heteroatoms. The molecule has 8 nitrogen and oxygen atoms in total. The number of ether oxygens (including phenoxy) is 4. The van der Waals surface area contributed by atoms with Gasteiger partial charge in [0.15, 0.2) is 11.5 Å². The Morgan fingerprint density at radius 2 is 1.57 bits per heavy atom. The predicted octanol–water partition coefficient (Wildman–Crippen LogP) is 4.92. The molecule has 0 aliphatic carbocycles. The Morgan fingerprint density at radius 3 is 2.26 bits per heavy atom. The molecular formula is C27H29N3O5. The highest BCUT2D eigenvalue weighted by molar-refractivity contribution is 6.03. The number of methoxy groups -OCH3 is 4. The zero-order valence-corrected chi connectivity index (χ0v) is 20.2. The maximum atomic E-state index is 13.3. The Hall–Kier alpha value is -4.33. The Bertz CT molecular complexity index is 1310. The molecule has 0 fully saturated rings. The number of hydrogen-bond acceptors (Lipinski definition) is 6. The van der Waals surface area contributed by atoms with Crippen molar-refractivity contribution in [1.82, 2.24) is 10.3 Å². The summed E-state index contributed by atoms with van der Waals surface area (Å²) in [7, 11) is 6.20. The molecule has 182 valence electrons. The van der Waals surface area contributed by atoms with Gasteiger partial charge in [0.25, 0.3) is 5.91 Å². The van der Waals surface area contributed by atoms with Crippen LogP contribution in [0.25, 0.3) is 10.9 Å². The molecule has 0 unspecified atom stereocenters. The number of benzene rings is 3. The minimum absolute atomic E-state index is 0.239. The van der Waals surface area contributed by atoms with E-state index in [-0.39, 0.29) is 5.91 Å². The van der Waals surface area contributed by atoms with Crippen molar-refractivity contribution in [2.24, 2.45) is 0 Å². The van der Waals surface area contributed by atoms with Gasteiger partial charge in [-0.15, -0.1) is 0 Å². The van der Waals surface area contributed by atoms with Crippen molar-refractivity contribution in [3.63, 3.8) is 0 Å². The molecule has 3 aromatic carbocycles. The minimum atomic E-state index is -0.239. The van der Waals surface area contributed by atoms with Gasteiger partial charge >= 0.3 is 0 Å². The first-order valence-electron chi connectivity index (χ1n) is 11.2. The number of amides is 1. The molecule has 1 amide bonds. The SMILES string of the molecule is COc1cc(Nc2cccc(OC)c2C(=O)NCCc2c[nH]c3ccccc23)cc(OC)c1OC. The van der Waals surface area contributed by atoms with Gasteiger partial charge in [-0.3, -0.25) is 4.79 Å². The molecule has 35 heavy (non-hydrogen) atoms. The second-order valence-corrected chi connectivity index (χ2v) is 7.79. The highest BCUT2D eigenvalue weighted by Gasteiger charge is 2.19. The number of para-hydroxylation sites is 1. The molecule has 0 atom stereocenters. The van der Waals surface area contributed by atoms with Gasteiger partial charge in [-0.1, -0.05) is 24.3 Å². The molecule has 0 bridgehead atoms. The molecule has 4 aromatic rings.